The maximum Gasteiger partial charge on any atom is 0.198 e. The van der Waals surface area contributed by atoms with Gasteiger partial charge in [-0.1, -0.05) is 11.6 Å². The average Bonchev–Trinajstić information content (AvgIpc) is 3.09. The summed E-state index contributed by atoms with van der Waals surface area (Å²) >= 11 is 5.84. The van der Waals surface area contributed by atoms with Gasteiger partial charge in [-0.05, 0) is 18.8 Å². The Hall–Kier alpha value is -1.07. The van der Waals surface area contributed by atoms with Gasteiger partial charge in [-0.2, -0.15) is 0 Å². The minimum atomic E-state index is -0.335. The second-order valence-corrected chi connectivity index (χ2v) is 4.19. The van der Waals surface area contributed by atoms with E-state index in [1.165, 1.54) is 13.4 Å². The zero-order valence-corrected chi connectivity index (χ0v) is 9.74. The Bertz CT molecular complexity index is 371. The van der Waals surface area contributed by atoms with Crippen molar-refractivity contribution in [3.05, 3.63) is 11.5 Å². The van der Waals surface area contributed by atoms with Crippen molar-refractivity contribution in [2.24, 2.45) is 5.92 Å². The number of rotatable bonds is 5. The number of halogens is 1. The van der Waals surface area contributed by atoms with Crippen LogP contribution in [0.2, 0.25) is 5.15 Å². The van der Waals surface area contributed by atoms with E-state index >= 15 is 0 Å². The van der Waals surface area contributed by atoms with E-state index < -0.39 is 0 Å². The molecule has 2 N–H and O–H groups in total. The summed E-state index contributed by atoms with van der Waals surface area (Å²) in [6.07, 6.45) is 3.23. The van der Waals surface area contributed by atoms with E-state index in [-0.39, 0.29) is 11.3 Å². The maximum atomic E-state index is 9.70. The van der Waals surface area contributed by atoms with Gasteiger partial charge in [0, 0.05) is 6.54 Å². The van der Waals surface area contributed by atoms with Gasteiger partial charge in [0.1, 0.15) is 6.33 Å². The Balaban J connectivity index is 1.99. The highest BCUT2D eigenvalue weighted by Crippen LogP contribution is 2.33. The molecular formula is C10H14ClN3O2. The van der Waals surface area contributed by atoms with Crippen molar-refractivity contribution < 1.29 is 9.84 Å². The number of aromatic nitrogens is 2. The molecular weight excluding hydrogens is 230 g/mol. The summed E-state index contributed by atoms with van der Waals surface area (Å²) in [6, 6.07) is 0. The summed E-state index contributed by atoms with van der Waals surface area (Å²) in [7, 11) is 1.51. The summed E-state index contributed by atoms with van der Waals surface area (Å²) in [5, 5.41) is 13.0. The number of aliphatic hydroxyl groups is 1. The van der Waals surface area contributed by atoms with Crippen LogP contribution in [0.5, 0.6) is 5.75 Å². The summed E-state index contributed by atoms with van der Waals surface area (Å²) < 4.78 is 5.08. The summed E-state index contributed by atoms with van der Waals surface area (Å²) in [6.45, 7) is 0.453. The molecule has 2 rings (SSSR count). The van der Waals surface area contributed by atoms with Crippen molar-refractivity contribution in [2.75, 3.05) is 19.0 Å². The fourth-order valence-electron chi connectivity index (χ4n) is 1.51. The predicted molar refractivity (Wildman–Crippen MR) is 60.8 cm³/mol. The van der Waals surface area contributed by atoms with Crippen molar-refractivity contribution >= 4 is 17.4 Å². The van der Waals surface area contributed by atoms with Gasteiger partial charge in [0.15, 0.2) is 16.7 Å². The number of hydrogen-bond acceptors (Lipinski definition) is 5. The van der Waals surface area contributed by atoms with Crippen molar-refractivity contribution in [1.82, 2.24) is 9.97 Å². The molecule has 0 aliphatic heterocycles. The van der Waals surface area contributed by atoms with Crippen LogP contribution in [0.1, 0.15) is 12.8 Å². The highest BCUT2D eigenvalue weighted by Gasteiger charge is 2.29. The van der Waals surface area contributed by atoms with Crippen LogP contribution in [0.4, 0.5) is 5.82 Å². The molecule has 1 heterocycles. The SMILES string of the molecule is COc1c(Cl)ncnc1NCC(O)C1CC1. The first kappa shape index (κ1) is 11.4. The normalized spacial score (nSPS) is 16.9. The second-order valence-electron chi connectivity index (χ2n) is 3.83. The van der Waals surface area contributed by atoms with Gasteiger partial charge in [-0.3, -0.25) is 0 Å². The monoisotopic (exact) mass is 243 g/mol. The topological polar surface area (TPSA) is 67.3 Å². The largest absolute Gasteiger partial charge is 0.490 e. The standard InChI is InChI=1S/C10H14ClN3O2/c1-16-8-9(11)13-5-14-10(8)12-4-7(15)6-2-3-6/h5-7,15H,2-4H2,1H3,(H,12,13,14). The Morgan fingerprint density at radius 2 is 2.38 bits per heavy atom. The van der Waals surface area contributed by atoms with Crippen molar-refractivity contribution in [1.29, 1.82) is 0 Å². The second kappa shape index (κ2) is 4.84. The van der Waals surface area contributed by atoms with Crippen LogP contribution in [0.15, 0.2) is 6.33 Å². The van der Waals surface area contributed by atoms with Crippen LogP contribution in [0.3, 0.4) is 0 Å². The maximum absolute atomic E-state index is 9.70. The van der Waals surface area contributed by atoms with Gasteiger partial charge in [-0.25, -0.2) is 9.97 Å². The van der Waals surface area contributed by atoms with Crippen molar-refractivity contribution in [3.8, 4) is 5.75 Å². The molecule has 1 aromatic rings. The number of ether oxygens (including phenoxy) is 1. The van der Waals surface area contributed by atoms with Gasteiger partial charge in [0.05, 0.1) is 13.2 Å². The summed E-state index contributed by atoms with van der Waals surface area (Å²) in [5.41, 5.74) is 0. The smallest absolute Gasteiger partial charge is 0.198 e. The highest BCUT2D eigenvalue weighted by atomic mass is 35.5. The molecule has 1 atom stereocenters. The van der Waals surface area contributed by atoms with E-state index in [9.17, 15) is 5.11 Å². The van der Waals surface area contributed by atoms with Gasteiger partial charge < -0.3 is 15.2 Å². The van der Waals surface area contributed by atoms with Gasteiger partial charge in [-0.15, -0.1) is 0 Å². The first-order valence-electron chi connectivity index (χ1n) is 5.18. The van der Waals surface area contributed by atoms with Crippen LogP contribution in [-0.4, -0.2) is 34.8 Å². The molecule has 0 spiro atoms. The van der Waals surface area contributed by atoms with Crippen LogP contribution in [0, 0.1) is 5.92 Å². The minimum absolute atomic E-state index is 0.265. The molecule has 6 heteroatoms. The zero-order valence-electron chi connectivity index (χ0n) is 8.98. The van der Waals surface area contributed by atoms with E-state index in [4.69, 9.17) is 16.3 Å². The number of nitrogens with one attached hydrogen (secondary N) is 1. The lowest BCUT2D eigenvalue weighted by atomic mass is 10.2. The summed E-state index contributed by atoms with van der Waals surface area (Å²) in [4.78, 5) is 7.83. The minimum Gasteiger partial charge on any atom is -0.490 e. The van der Waals surface area contributed by atoms with Crippen molar-refractivity contribution in [3.63, 3.8) is 0 Å². The van der Waals surface area contributed by atoms with Gasteiger partial charge in [0.2, 0.25) is 0 Å². The molecule has 1 aliphatic rings. The molecule has 1 fully saturated rings. The third kappa shape index (κ3) is 2.54. The zero-order chi connectivity index (χ0) is 11.5. The predicted octanol–water partition coefficient (Wildman–Crippen LogP) is 1.32. The van der Waals surface area contributed by atoms with E-state index in [0.29, 0.717) is 24.0 Å². The van der Waals surface area contributed by atoms with Crippen LogP contribution < -0.4 is 10.1 Å². The highest BCUT2D eigenvalue weighted by molar-refractivity contribution is 6.31. The average molecular weight is 244 g/mol. The Morgan fingerprint density at radius 1 is 1.62 bits per heavy atom. The molecule has 1 unspecified atom stereocenters. The van der Waals surface area contributed by atoms with Crippen molar-refractivity contribution in [2.45, 2.75) is 18.9 Å². The van der Waals surface area contributed by atoms with Gasteiger partial charge in [0.25, 0.3) is 0 Å². The van der Waals surface area contributed by atoms with E-state index in [1.807, 2.05) is 0 Å². The molecule has 0 radical (unpaired) electrons. The first-order chi connectivity index (χ1) is 7.72. The molecule has 0 aromatic carbocycles. The Kier molecular flexibility index (Phi) is 3.46. The Morgan fingerprint density at radius 3 is 3.00 bits per heavy atom. The van der Waals surface area contributed by atoms with Crippen LogP contribution in [-0.2, 0) is 0 Å². The molecule has 1 aromatic heterocycles. The third-order valence-corrected chi connectivity index (χ3v) is 2.88. The first-order valence-corrected chi connectivity index (χ1v) is 5.56. The lowest BCUT2D eigenvalue weighted by Gasteiger charge is -2.13. The number of hydrogen-bond donors (Lipinski definition) is 2. The molecule has 5 nitrogen and oxygen atoms in total. The van der Waals surface area contributed by atoms with E-state index in [1.54, 1.807) is 0 Å². The number of methoxy groups -OCH3 is 1. The lowest BCUT2D eigenvalue weighted by Crippen LogP contribution is -2.22. The third-order valence-electron chi connectivity index (χ3n) is 2.61. The molecule has 88 valence electrons. The number of anilines is 1. The quantitative estimate of drug-likeness (QED) is 0.764. The van der Waals surface area contributed by atoms with Crippen LogP contribution >= 0.6 is 11.6 Å². The number of nitrogens with zero attached hydrogens (tertiary/aromatic N) is 2. The lowest BCUT2D eigenvalue weighted by molar-refractivity contribution is 0.164. The molecule has 1 aliphatic carbocycles. The fraction of sp³-hybridized carbons (Fsp3) is 0.600. The molecule has 1 saturated carbocycles. The van der Waals surface area contributed by atoms with E-state index in [2.05, 4.69) is 15.3 Å². The molecule has 16 heavy (non-hydrogen) atoms. The van der Waals surface area contributed by atoms with E-state index in [0.717, 1.165) is 12.8 Å². The molecule has 0 amide bonds. The van der Waals surface area contributed by atoms with Gasteiger partial charge >= 0.3 is 0 Å². The summed E-state index contributed by atoms with van der Waals surface area (Å²) in [5.74, 6) is 1.35. The Labute approximate surface area is 98.8 Å². The fourth-order valence-corrected chi connectivity index (χ4v) is 1.72. The number of aliphatic hydroxyl groups excluding tert-OH is 1. The molecule has 0 saturated heterocycles. The van der Waals surface area contributed by atoms with Crippen LogP contribution in [0.25, 0.3) is 0 Å². The molecule has 0 bridgehead atoms.